The number of rotatable bonds is 5. The summed E-state index contributed by atoms with van der Waals surface area (Å²) in [7, 11) is 1.92. The predicted octanol–water partition coefficient (Wildman–Crippen LogP) is 1.10. The Morgan fingerprint density at radius 1 is 1.33 bits per heavy atom. The number of fused-ring (bicyclic) bond motifs is 1. The number of carbonyl (C=O) groups excluding carboxylic acids is 1. The lowest BCUT2D eigenvalue weighted by molar-refractivity contribution is -0.138. The first kappa shape index (κ1) is 17.5. The van der Waals surface area contributed by atoms with E-state index in [4.69, 9.17) is 5.11 Å². The van der Waals surface area contributed by atoms with Crippen molar-refractivity contribution < 1.29 is 14.7 Å². The van der Waals surface area contributed by atoms with Crippen LogP contribution >= 0.6 is 12.4 Å². The Labute approximate surface area is 130 Å². The van der Waals surface area contributed by atoms with Crippen molar-refractivity contribution >= 4 is 24.3 Å². The van der Waals surface area contributed by atoms with Crippen LogP contribution in [-0.2, 0) is 22.4 Å². The second kappa shape index (κ2) is 8.00. The number of carboxylic acids is 1. The Kier molecular flexibility index (Phi) is 6.65. The Bertz CT molecular complexity index is 507. The van der Waals surface area contributed by atoms with Crippen molar-refractivity contribution in [3.8, 4) is 0 Å². The van der Waals surface area contributed by atoms with Gasteiger partial charge in [0.05, 0.1) is 6.54 Å². The molecule has 0 radical (unpaired) electrons. The number of halogens is 1. The molecular weight excluding hydrogens is 292 g/mol. The van der Waals surface area contributed by atoms with Crippen molar-refractivity contribution in [2.75, 3.05) is 20.1 Å². The molecule has 1 unspecified atom stereocenters. The number of benzene rings is 1. The molecule has 2 rings (SSSR count). The van der Waals surface area contributed by atoms with Gasteiger partial charge in [-0.15, -0.1) is 12.4 Å². The molecule has 2 N–H and O–H groups in total. The van der Waals surface area contributed by atoms with Gasteiger partial charge in [-0.2, -0.15) is 0 Å². The molecule has 1 aromatic carbocycles. The largest absolute Gasteiger partial charge is 0.480 e. The van der Waals surface area contributed by atoms with Crippen LogP contribution in [-0.4, -0.2) is 48.1 Å². The van der Waals surface area contributed by atoms with Crippen LogP contribution in [0, 0.1) is 0 Å². The maximum absolute atomic E-state index is 11.6. The molecule has 0 aromatic heterocycles. The van der Waals surface area contributed by atoms with E-state index in [1.165, 1.54) is 11.1 Å². The number of aryl methyl sites for hydroxylation is 1. The molecule has 0 fully saturated rings. The molecule has 0 saturated carbocycles. The highest BCUT2D eigenvalue weighted by Crippen LogP contribution is 2.23. The average Bonchev–Trinajstić information content (AvgIpc) is 2.44. The molecule has 1 atom stereocenters. The molecule has 1 amide bonds. The van der Waals surface area contributed by atoms with E-state index in [2.05, 4.69) is 23.5 Å². The van der Waals surface area contributed by atoms with E-state index in [-0.39, 0.29) is 31.4 Å². The molecule has 0 heterocycles. The summed E-state index contributed by atoms with van der Waals surface area (Å²) in [6, 6.07) is 8.73. The van der Waals surface area contributed by atoms with Gasteiger partial charge in [-0.05, 0) is 37.4 Å². The van der Waals surface area contributed by atoms with E-state index in [1.54, 1.807) is 0 Å². The normalized spacial score (nSPS) is 16.8. The highest BCUT2D eigenvalue weighted by atomic mass is 35.5. The van der Waals surface area contributed by atoms with Crippen molar-refractivity contribution in [2.45, 2.75) is 25.3 Å². The van der Waals surface area contributed by atoms with Gasteiger partial charge in [-0.25, -0.2) is 0 Å². The summed E-state index contributed by atoms with van der Waals surface area (Å²) >= 11 is 0. The summed E-state index contributed by atoms with van der Waals surface area (Å²) in [5.74, 6) is -1.26. The Morgan fingerprint density at radius 2 is 2.00 bits per heavy atom. The lowest BCUT2D eigenvalue weighted by atomic mass is 9.88. The highest BCUT2D eigenvalue weighted by molar-refractivity contribution is 5.85. The molecule has 1 aromatic rings. The third kappa shape index (κ3) is 5.02. The first-order chi connectivity index (χ1) is 9.56. The fourth-order valence-electron chi connectivity index (χ4n) is 2.64. The number of amides is 1. The minimum Gasteiger partial charge on any atom is -0.480 e. The van der Waals surface area contributed by atoms with Gasteiger partial charge in [-0.3, -0.25) is 14.5 Å². The van der Waals surface area contributed by atoms with Gasteiger partial charge >= 0.3 is 5.97 Å². The van der Waals surface area contributed by atoms with Crippen molar-refractivity contribution in [3.05, 3.63) is 35.4 Å². The number of aliphatic carboxylic acids is 1. The van der Waals surface area contributed by atoms with E-state index in [0.717, 1.165) is 19.3 Å². The maximum atomic E-state index is 11.6. The van der Waals surface area contributed by atoms with Crippen LogP contribution in [0.5, 0.6) is 0 Å². The second-order valence-corrected chi connectivity index (χ2v) is 5.25. The van der Waals surface area contributed by atoms with Crippen molar-refractivity contribution in [3.63, 3.8) is 0 Å². The molecule has 21 heavy (non-hydrogen) atoms. The van der Waals surface area contributed by atoms with Gasteiger partial charge in [0.1, 0.15) is 6.54 Å². The predicted molar refractivity (Wildman–Crippen MR) is 82.8 cm³/mol. The smallest absolute Gasteiger partial charge is 0.322 e. The summed E-state index contributed by atoms with van der Waals surface area (Å²) in [5.41, 5.74) is 2.74. The van der Waals surface area contributed by atoms with E-state index in [9.17, 15) is 9.59 Å². The number of nitrogens with zero attached hydrogens (tertiary/aromatic N) is 1. The summed E-state index contributed by atoms with van der Waals surface area (Å²) in [6.07, 6.45) is 3.00. The number of nitrogens with one attached hydrogen (secondary N) is 1. The van der Waals surface area contributed by atoms with Crippen LogP contribution in [0.4, 0.5) is 0 Å². The quantitative estimate of drug-likeness (QED) is 0.854. The molecule has 0 spiro atoms. The summed E-state index contributed by atoms with van der Waals surface area (Å²) < 4.78 is 0. The lowest BCUT2D eigenvalue weighted by Crippen LogP contribution is -2.43. The fourth-order valence-corrected chi connectivity index (χ4v) is 2.64. The lowest BCUT2D eigenvalue weighted by Gasteiger charge is -2.32. The molecule has 5 nitrogen and oxygen atoms in total. The Morgan fingerprint density at radius 3 is 2.67 bits per heavy atom. The Balaban J connectivity index is 0.00000220. The van der Waals surface area contributed by atoms with Crippen LogP contribution < -0.4 is 5.32 Å². The van der Waals surface area contributed by atoms with Crippen molar-refractivity contribution in [1.82, 2.24) is 10.2 Å². The van der Waals surface area contributed by atoms with Gasteiger partial charge in [0.2, 0.25) is 5.91 Å². The standard InChI is InChI=1S/C15H20N2O3.ClH/c1-17(10-14(18)16-9-15(19)20)13-7-6-11-4-2-3-5-12(11)8-13;/h2-5,13H,6-10H2,1H3,(H,16,18)(H,19,20);1H. The van der Waals surface area contributed by atoms with E-state index >= 15 is 0 Å². The van der Waals surface area contributed by atoms with Crippen molar-refractivity contribution in [1.29, 1.82) is 0 Å². The molecule has 0 aliphatic heterocycles. The molecule has 0 saturated heterocycles. The van der Waals surface area contributed by atoms with Crippen LogP contribution in [0.15, 0.2) is 24.3 Å². The van der Waals surface area contributed by atoms with Crippen LogP contribution in [0.2, 0.25) is 0 Å². The number of hydrogen-bond donors (Lipinski definition) is 2. The molecular formula is C15H21ClN2O3. The topological polar surface area (TPSA) is 69.6 Å². The SMILES string of the molecule is CN(CC(=O)NCC(=O)O)C1CCc2ccccc2C1.Cl. The van der Waals surface area contributed by atoms with Crippen LogP contribution in [0.25, 0.3) is 0 Å². The summed E-state index contributed by atoms with van der Waals surface area (Å²) in [6.45, 7) is -0.0830. The molecule has 0 bridgehead atoms. The average molecular weight is 313 g/mol. The van der Waals surface area contributed by atoms with Gasteiger partial charge < -0.3 is 10.4 Å². The third-order valence-corrected chi connectivity index (χ3v) is 3.77. The fraction of sp³-hybridized carbons (Fsp3) is 0.467. The van der Waals surface area contributed by atoms with Crippen LogP contribution in [0.1, 0.15) is 17.5 Å². The van der Waals surface area contributed by atoms with E-state index < -0.39 is 5.97 Å². The first-order valence-electron chi connectivity index (χ1n) is 6.82. The number of carbonyl (C=O) groups is 2. The van der Waals surface area contributed by atoms with Crippen LogP contribution in [0.3, 0.4) is 0 Å². The van der Waals surface area contributed by atoms with Gasteiger partial charge in [0.25, 0.3) is 0 Å². The van der Waals surface area contributed by atoms with Gasteiger partial charge in [-0.1, -0.05) is 24.3 Å². The zero-order valence-electron chi connectivity index (χ0n) is 12.0. The zero-order valence-corrected chi connectivity index (χ0v) is 12.9. The monoisotopic (exact) mass is 312 g/mol. The van der Waals surface area contributed by atoms with E-state index in [1.807, 2.05) is 18.0 Å². The minimum absolute atomic E-state index is 0. The minimum atomic E-state index is -1.02. The van der Waals surface area contributed by atoms with Gasteiger partial charge in [0.15, 0.2) is 0 Å². The highest BCUT2D eigenvalue weighted by Gasteiger charge is 2.23. The van der Waals surface area contributed by atoms with E-state index in [0.29, 0.717) is 6.04 Å². The maximum Gasteiger partial charge on any atom is 0.322 e. The molecule has 6 heteroatoms. The number of likely N-dealkylation sites (N-methyl/N-ethyl adjacent to an activating group) is 1. The first-order valence-corrected chi connectivity index (χ1v) is 6.82. The van der Waals surface area contributed by atoms with Gasteiger partial charge in [0, 0.05) is 6.04 Å². The second-order valence-electron chi connectivity index (χ2n) is 5.25. The summed E-state index contributed by atoms with van der Waals surface area (Å²) in [5, 5.41) is 10.9. The third-order valence-electron chi connectivity index (χ3n) is 3.77. The molecule has 116 valence electrons. The Hall–Kier alpha value is -1.59. The zero-order chi connectivity index (χ0) is 14.5. The summed E-state index contributed by atoms with van der Waals surface area (Å²) in [4.78, 5) is 24.0. The number of hydrogen-bond acceptors (Lipinski definition) is 3. The molecule has 1 aliphatic carbocycles. The number of carboxylic acid groups (broad SMARTS) is 1. The molecule has 1 aliphatic rings. The van der Waals surface area contributed by atoms with Crippen molar-refractivity contribution in [2.24, 2.45) is 0 Å².